The van der Waals surface area contributed by atoms with Gasteiger partial charge in [0.25, 0.3) is 0 Å². The van der Waals surface area contributed by atoms with Crippen molar-refractivity contribution in [1.82, 2.24) is 4.57 Å². The quantitative estimate of drug-likeness (QED) is 0.687. The van der Waals surface area contributed by atoms with E-state index < -0.39 is 0 Å². The van der Waals surface area contributed by atoms with E-state index in [4.69, 9.17) is 0 Å². The Hall–Kier alpha value is -2.06. The van der Waals surface area contributed by atoms with Gasteiger partial charge in [-0.2, -0.15) is 0 Å². The van der Waals surface area contributed by atoms with Crippen molar-refractivity contribution < 1.29 is 4.90 Å². The Balaban J connectivity index is 1.64. The number of benzene rings is 2. The molecule has 1 unspecified atom stereocenters. The van der Waals surface area contributed by atoms with Crippen molar-refractivity contribution in [2.24, 2.45) is 5.92 Å². The molecule has 1 aromatic heterocycles. The van der Waals surface area contributed by atoms with Gasteiger partial charge in [0.1, 0.15) is 5.54 Å². The summed E-state index contributed by atoms with van der Waals surface area (Å²) in [6.45, 7) is 8.54. The first kappa shape index (κ1) is 18.0. The smallest absolute Gasteiger partial charge is 0.136 e. The Morgan fingerprint density at radius 1 is 1.07 bits per heavy atom. The molecule has 2 heteroatoms. The minimum atomic E-state index is 0.256. The first-order chi connectivity index (χ1) is 13.7. The predicted molar refractivity (Wildman–Crippen MR) is 117 cm³/mol. The van der Waals surface area contributed by atoms with Crippen LogP contribution >= 0.6 is 0 Å². The molecule has 28 heavy (non-hydrogen) atoms. The number of rotatable bonds is 4. The Kier molecular flexibility index (Phi) is 4.55. The first-order valence-corrected chi connectivity index (χ1v) is 11.2. The summed E-state index contributed by atoms with van der Waals surface area (Å²) in [5.41, 5.74) is 6.35. The fraction of sp³-hybridized carbons (Fsp3) is 0.462. The van der Waals surface area contributed by atoms with Crippen LogP contribution in [0.1, 0.15) is 56.4 Å². The highest BCUT2D eigenvalue weighted by Crippen LogP contribution is 2.39. The molecule has 5 rings (SSSR count). The molecule has 0 saturated carbocycles. The normalized spacial score (nSPS) is 26.8. The molecule has 0 bridgehead atoms. The summed E-state index contributed by atoms with van der Waals surface area (Å²) >= 11 is 0. The molecular weight excluding hydrogens is 340 g/mol. The zero-order valence-electron chi connectivity index (χ0n) is 17.4. The van der Waals surface area contributed by atoms with Crippen molar-refractivity contribution in [3.63, 3.8) is 0 Å². The monoisotopic (exact) mass is 373 g/mol. The van der Waals surface area contributed by atoms with Crippen LogP contribution in [0, 0.1) is 5.92 Å². The van der Waals surface area contributed by atoms with E-state index in [0.717, 1.165) is 12.5 Å². The molecule has 3 atom stereocenters. The molecule has 146 valence electrons. The summed E-state index contributed by atoms with van der Waals surface area (Å²) in [5, 5.41) is 1.49. The number of nitrogens with one attached hydrogen (secondary N) is 1. The summed E-state index contributed by atoms with van der Waals surface area (Å²) in [4.78, 5) is 1.84. The molecule has 2 aliphatic rings. The minimum absolute atomic E-state index is 0.256. The van der Waals surface area contributed by atoms with Gasteiger partial charge in [-0.3, -0.25) is 0 Å². The minimum Gasteiger partial charge on any atom is -0.334 e. The van der Waals surface area contributed by atoms with Crippen molar-refractivity contribution in [2.75, 3.05) is 13.1 Å². The van der Waals surface area contributed by atoms with Gasteiger partial charge >= 0.3 is 0 Å². The summed E-state index contributed by atoms with van der Waals surface area (Å²) in [7, 11) is 0. The Labute approximate surface area is 169 Å². The van der Waals surface area contributed by atoms with E-state index in [-0.39, 0.29) is 5.54 Å². The molecule has 2 aromatic carbocycles. The molecule has 0 aliphatic carbocycles. The first-order valence-electron chi connectivity index (χ1n) is 11.2. The van der Waals surface area contributed by atoms with Gasteiger partial charge in [0.15, 0.2) is 0 Å². The number of quaternary nitrogens is 1. The summed E-state index contributed by atoms with van der Waals surface area (Å²) in [6.07, 6.45) is 6.67. The third-order valence-electron chi connectivity index (χ3n) is 7.52. The van der Waals surface area contributed by atoms with Crippen LogP contribution in [-0.2, 0) is 18.5 Å². The van der Waals surface area contributed by atoms with Crippen LogP contribution in [0.3, 0.4) is 0 Å². The predicted octanol–water partition coefficient (Wildman–Crippen LogP) is 4.56. The van der Waals surface area contributed by atoms with Crippen molar-refractivity contribution in [2.45, 2.75) is 58.0 Å². The van der Waals surface area contributed by atoms with Crippen LogP contribution in [0.2, 0.25) is 0 Å². The van der Waals surface area contributed by atoms with Crippen molar-refractivity contribution in [3.05, 3.63) is 71.4 Å². The van der Waals surface area contributed by atoms with Crippen LogP contribution in [0.25, 0.3) is 10.9 Å². The van der Waals surface area contributed by atoms with Gasteiger partial charge in [0.05, 0.1) is 18.8 Å². The maximum absolute atomic E-state index is 2.67. The zero-order chi connectivity index (χ0) is 19.1. The Morgan fingerprint density at radius 3 is 2.68 bits per heavy atom. The van der Waals surface area contributed by atoms with E-state index in [1.165, 1.54) is 61.7 Å². The third-order valence-corrected chi connectivity index (χ3v) is 7.52. The molecule has 0 radical (unpaired) electrons. The number of piperidine rings is 1. The third kappa shape index (κ3) is 2.81. The van der Waals surface area contributed by atoms with Crippen LogP contribution in [0.4, 0.5) is 0 Å². The average Bonchev–Trinajstić information content (AvgIpc) is 3.04. The standard InChI is InChI=1S/C26H32N2/c1-3-9-20-14-16-26(2)25-23(15-17-27(26)18-20)22-12-7-8-13-24(22)28(25)19-21-10-5-4-6-11-21/h4-8,10-13,20H,3,9,14-19H2,1-2H3/p+1/t20-,26-/m0/s1. The molecule has 2 aliphatic heterocycles. The fourth-order valence-corrected chi connectivity index (χ4v) is 6.13. The maximum Gasteiger partial charge on any atom is 0.136 e. The number of hydrogen-bond donors (Lipinski definition) is 1. The van der Waals surface area contributed by atoms with E-state index in [1.807, 2.05) is 4.90 Å². The van der Waals surface area contributed by atoms with Crippen LogP contribution in [-0.4, -0.2) is 17.7 Å². The SMILES string of the molecule is CCC[C@H]1CC[C@@]2(C)c3c(c4ccccc4n3Cc3ccccc3)CC[NH+]2C1. The lowest BCUT2D eigenvalue weighted by Gasteiger charge is -2.48. The van der Waals surface area contributed by atoms with Gasteiger partial charge < -0.3 is 9.47 Å². The summed E-state index contributed by atoms with van der Waals surface area (Å²) < 4.78 is 2.67. The lowest BCUT2D eigenvalue weighted by molar-refractivity contribution is -0.970. The molecule has 3 heterocycles. The van der Waals surface area contributed by atoms with E-state index in [0.29, 0.717) is 0 Å². The number of fused-ring (bicyclic) bond motifs is 5. The highest BCUT2D eigenvalue weighted by atomic mass is 15.2. The number of aromatic nitrogens is 1. The average molecular weight is 374 g/mol. The molecule has 3 aromatic rings. The Morgan fingerprint density at radius 2 is 1.86 bits per heavy atom. The highest BCUT2D eigenvalue weighted by Gasteiger charge is 2.49. The van der Waals surface area contributed by atoms with Gasteiger partial charge in [0, 0.05) is 36.2 Å². The highest BCUT2D eigenvalue weighted by molar-refractivity contribution is 5.86. The number of nitrogens with zero attached hydrogens (tertiary/aromatic N) is 1. The molecule has 1 saturated heterocycles. The van der Waals surface area contributed by atoms with E-state index in [9.17, 15) is 0 Å². The van der Waals surface area contributed by atoms with Crippen molar-refractivity contribution in [3.8, 4) is 0 Å². The second-order valence-corrected chi connectivity index (χ2v) is 9.25. The van der Waals surface area contributed by atoms with E-state index in [2.05, 4.69) is 73.0 Å². The van der Waals surface area contributed by atoms with Gasteiger partial charge in [0.2, 0.25) is 0 Å². The van der Waals surface area contributed by atoms with Gasteiger partial charge in [-0.05, 0) is 37.0 Å². The summed E-state index contributed by atoms with van der Waals surface area (Å²) in [6, 6.07) is 20.1. The topological polar surface area (TPSA) is 9.37 Å². The molecule has 0 spiro atoms. The lowest BCUT2D eigenvalue weighted by Crippen LogP contribution is -3.21. The van der Waals surface area contributed by atoms with Gasteiger partial charge in [-0.25, -0.2) is 0 Å². The molecular formula is C26H33N2+. The lowest BCUT2D eigenvalue weighted by atomic mass is 9.76. The van der Waals surface area contributed by atoms with Crippen molar-refractivity contribution in [1.29, 1.82) is 0 Å². The van der Waals surface area contributed by atoms with Crippen LogP contribution in [0.15, 0.2) is 54.6 Å². The van der Waals surface area contributed by atoms with Crippen LogP contribution < -0.4 is 4.90 Å². The van der Waals surface area contributed by atoms with Crippen molar-refractivity contribution >= 4 is 10.9 Å². The van der Waals surface area contributed by atoms with E-state index in [1.54, 1.807) is 11.3 Å². The summed E-state index contributed by atoms with van der Waals surface area (Å²) in [5.74, 6) is 0.918. The molecule has 0 amide bonds. The second-order valence-electron chi connectivity index (χ2n) is 9.25. The van der Waals surface area contributed by atoms with E-state index >= 15 is 0 Å². The molecule has 1 N–H and O–H groups in total. The zero-order valence-corrected chi connectivity index (χ0v) is 17.4. The van der Waals surface area contributed by atoms with Gasteiger partial charge in [-0.1, -0.05) is 61.9 Å². The maximum atomic E-state index is 2.67. The fourth-order valence-electron chi connectivity index (χ4n) is 6.13. The largest absolute Gasteiger partial charge is 0.334 e. The van der Waals surface area contributed by atoms with Crippen LogP contribution in [0.5, 0.6) is 0 Å². The number of para-hydroxylation sites is 1. The Bertz CT molecular complexity index is 971. The molecule has 2 nitrogen and oxygen atoms in total. The molecule has 1 fully saturated rings. The second kappa shape index (κ2) is 7.08. The van der Waals surface area contributed by atoms with Gasteiger partial charge in [-0.15, -0.1) is 0 Å². The number of hydrogen-bond acceptors (Lipinski definition) is 0.